The van der Waals surface area contributed by atoms with E-state index in [2.05, 4.69) is 43.9 Å². The van der Waals surface area contributed by atoms with E-state index >= 15 is 0 Å². The largest absolute Gasteiger partial charge is 0.508 e. The number of aromatic hydroxyl groups is 1. The van der Waals surface area contributed by atoms with Gasteiger partial charge in [0.25, 0.3) is 0 Å². The molecule has 2 aliphatic heterocycles. The summed E-state index contributed by atoms with van der Waals surface area (Å²) in [7, 11) is 0. The molecule has 0 radical (unpaired) electrons. The molecule has 2 heterocycles. The van der Waals surface area contributed by atoms with E-state index < -0.39 is 0 Å². The third-order valence-corrected chi connectivity index (χ3v) is 7.68. The Morgan fingerprint density at radius 2 is 1.86 bits per heavy atom. The first-order valence-corrected chi connectivity index (χ1v) is 13.0. The molecule has 0 amide bonds. The fourth-order valence-electron chi connectivity index (χ4n) is 5.49. The minimum Gasteiger partial charge on any atom is -0.508 e. The Balaban J connectivity index is 1.44. The number of allylic oxidation sites excluding steroid dienone is 1. The molecule has 5 heteroatoms. The summed E-state index contributed by atoms with van der Waals surface area (Å²) in [5.74, 6) is 2.55. The minimum absolute atomic E-state index is 0.204. The maximum Gasteiger partial charge on any atom is 0.150 e. The van der Waals surface area contributed by atoms with Crippen molar-refractivity contribution >= 4 is 11.1 Å². The molecule has 0 saturated carbocycles. The lowest BCUT2D eigenvalue weighted by atomic mass is 9.84. The number of nitrogens with zero attached hydrogens (tertiary/aromatic N) is 2. The first-order chi connectivity index (χ1) is 17.8. The van der Waals surface area contributed by atoms with Crippen LogP contribution in [-0.2, 0) is 0 Å². The Morgan fingerprint density at radius 1 is 1.08 bits per heavy atom. The highest BCUT2D eigenvalue weighted by Gasteiger charge is 2.30. The molecular formula is C32H34N2O3. The zero-order valence-corrected chi connectivity index (χ0v) is 22.0. The van der Waals surface area contributed by atoms with Crippen LogP contribution in [0.2, 0.25) is 0 Å². The smallest absolute Gasteiger partial charge is 0.150 e. The number of phenolic OH excluding ortho intramolecular Hbond substituents is 1. The number of hydrogen-bond acceptors (Lipinski definition) is 5. The van der Waals surface area contributed by atoms with Crippen LogP contribution in [0.15, 0.2) is 60.7 Å². The average Bonchev–Trinajstić information content (AvgIpc) is 3.34. The lowest BCUT2D eigenvalue weighted by Gasteiger charge is -2.32. The number of fused-ring (bicyclic) bond motifs is 1. The quantitative estimate of drug-likeness (QED) is 0.411. The number of hydrogen-bond donors (Lipinski definition) is 1. The van der Waals surface area contributed by atoms with Crippen molar-refractivity contribution in [2.24, 2.45) is 5.92 Å². The van der Waals surface area contributed by atoms with Crippen LogP contribution >= 0.6 is 0 Å². The monoisotopic (exact) mass is 494 g/mol. The minimum atomic E-state index is -0.331. The number of ether oxygens (including phenoxy) is 2. The molecule has 3 unspecified atom stereocenters. The van der Waals surface area contributed by atoms with E-state index in [-0.39, 0.29) is 11.9 Å². The predicted octanol–water partition coefficient (Wildman–Crippen LogP) is 6.75. The van der Waals surface area contributed by atoms with Crippen LogP contribution in [0.4, 0.5) is 0 Å². The molecule has 37 heavy (non-hydrogen) atoms. The van der Waals surface area contributed by atoms with Crippen LogP contribution < -0.4 is 9.47 Å². The Morgan fingerprint density at radius 3 is 2.54 bits per heavy atom. The van der Waals surface area contributed by atoms with Gasteiger partial charge in [0.1, 0.15) is 30.0 Å². The van der Waals surface area contributed by atoms with Crippen molar-refractivity contribution in [3.8, 4) is 23.3 Å². The van der Waals surface area contributed by atoms with Gasteiger partial charge >= 0.3 is 0 Å². The van der Waals surface area contributed by atoms with Gasteiger partial charge in [0.15, 0.2) is 0 Å². The van der Waals surface area contributed by atoms with Gasteiger partial charge in [-0.1, -0.05) is 25.1 Å². The zero-order chi connectivity index (χ0) is 26.1. The number of aryl methyl sites for hydroxylation is 1. The molecule has 1 N–H and O–H groups in total. The summed E-state index contributed by atoms with van der Waals surface area (Å²) in [5.41, 5.74) is 6.64. The van der Waals surface area contributed by atoms with Crippen LogP contribution in [0.25, 0.3) is 11.1 Å². The van der Waals surface area contributed by atoms with E-state index in [4.69, 9.17) is 9.47 Å². The molecule has 0 spiro atoms. The Kier molecular flexibility index (Phi) is 6.95. The summed E-state index contributed by atoms with van der Waals surface area (Å²) in [6.07, 6.45) is 0.930. The third kappa shape index (κ3) is 5.08. The van der Waals surface area contributed by atoms with Gasteiger partial charge in [-0.05, 0) is 104 Å². The second-order valence-corrected chi connectivity index (χ2v) is 10.5. The molecular weight excluding hydrogens is 460 g/mol. The highest BCUT2D eigenvalue weighted by atomic mass is 16.5. The molecule has 3 aromatic carbocycles. The third-order valence-electron chi connectivity index (χ3n) is 7.68. The fourth-order valence-corrected chi connectivity index (χ4v) is 5.49. The molecule has 190 valence electrons. The first kappa shape index (κ1) is 24.9. The molecule has 0 bridgehead atoms. The van der Waals surface area contributed by atoms with E-state index in [1.807, 2.05) is 43.3 Å². The number of phenols is 1. The maximum absolute atomic E-state index is 10.1. The van der Waals surface area contributed by atoms with Gasteiger partial charge in [0.2, 0.25) is 0 Å². The number of benzene rings is 3. The number of rotatable bonds is 6. The molecule has 0 aliphatic carbocycles. The highest BCUT2D eigenvalue weighted by Crippen LogP contribution is 2.48. The Hall–Kier alpha value is -3.75. The number of nitriles is 1. The SMILES string of the molecule is CC1=C(c2ccc(C#N)cc2C)C(c2ccc(OCC(C)N3CCC(C)C3)cc2)Oc2ccc(O)cc21. The van der Waals surface area contributed by atoms with Gasteiger partial charge in [-0.15, -0.1) is 0 Å². The standard InChI is InChI=1S/C32H34N2O3/c1-20-13-14-34(18-20)22(3)19-36-27-9-6-25(7-10-27)32-31(28-11-5-24(17-33)15-21(28)2)23(4)29-16-26(35)8-12-30(29)37-32/h5-12,15-16,20,22,32,35H,13-14,18-19H2,1-4H3. The second kappa shape index (κ2) is 10.3. The van der Waals surface area contributed by atoms with E-state index in [0.29, 0.717) is 18.2 Å². The molecule has 5 nitrogen and oxygen atoms in total. The highest BCUT2D eigenvalue weighted by molar-refractivity contribution is 5.96. The van der Waals surface area contributed by atoms with Gasteiger partial charge in [0, 0.05) is 23.7 Å². The lowest BCUT2D eigenvalue weighted by molar-refractivity contribution is 0.169. The van der Waals surface area contributed by atoms with Gasteiger partial charge in [0.05, 0.1) is 11.6 Å². The summed E-state index contributed by atoms with van der Waals surface area (Å²) in [5, 5.41) is 19.5. The average molecular weight is 495 g/mol. The maximum atomic E-state index is 10.1. The van der Waals surface area contributed by atoms with E-state index in [1.165, 1.54) is 6.42 Å². The fraction of sp³-hybridized carbons (Fsp3) is 0.344. The summed E-state index contributed by atoms with van der Waals surface area (Å²) >= 11 is 0. The van der Waals surface area contributed by atoms with Gasteiger partial charge in [-0.3, -0.25) is 4.90 Å². The topological polar surface area (TPSA) is 65.7 Å². The van der Waals surface area contributed by atoms with Crippen LogP contribution in [-0.4, -0.2) is 35.7 Å². The van der Waals surface area contributed by atoms with Crippen molar-refractivity contribution in [3.63, 3.8) is 0 Å². The molecule has 2 aliphatic rings. The van der Waals surface area contributed by atoms with Gasteiger partial charge in [-0.25, -0.2) is 0 Å². The van der Waals surface area contributed by atoms with E-state index in [0.717, 1.165) is 63.9 Å². The van der Waals surface area contributed by atoms with Crippen LogP contribution in [0.3, 0.4) is 0 Å². The summed E-state index contributed by atoms with van der Waals surface area (Å²) in [4.78, 5) is 2.50. The van der Waals surface area contributed by atoms with E-state index in [1.54, 1.807) is 12.1 Å². The van der Waals surface area contributed by atoms with Crippen molar-refractivity contribution < 1.29 is 14.6 Å². The first-order valence-electron chi connectivity index (χ1n) is 13.0. The summed E-state index contributed by atoms with van der Waals surface area (Å²) < 4.78 is 12.7. The Bertz CT molecular complexity index is 1370. The van der Waals surface area contributed by atoms with Crippen molar-refractivity contribution in [1.29, 1.82) is 5.26 Å². The van der Waals surface area contributed by atoms with Crippen molar-refractivity contribution in [2.75, 3.05) is 19.7 Å². The summed E-state index contributed by atoms with van der Waals surface area (Å²) in [6.45, 7) is 11.6. The predicted molar refractivity (Wildman–Crippen MR) is 147 cm³/mol. The Labute approximate surface area is 219 Å². The molecule has 1 fully saturated rings. The second-order valence-electron chi connectivity index (χ2n) is 10.5. The normalized spacial score (nSPS) is 20.2. The molecule has 5 rings (SSSR count). The van der Waals surface area contributed by atoms with Crippen LogP contribution in [0, 0.1) is 24.2 Å². The molecule has 0 aromatic heterocycles. The van der Waals surface area contributed by atoms with Gasteiger partial charge in [-0.2, -0.15) is 5.26 Å². The molecule has 3 aromatic rings. The number of likely N-dealkylation sites (tertiary alicyclic amines) is 1. The molecule has 1 saturated heterocycles. The van der Waals surface area contributed by atoms with Crippen molar-refractivity contribution in [1.82, 2.24) is 4.90 Å². The molecule has 3 atom stereocenters. The van der Waals surface area contributed by atoms with Crippen LogP contribution in [0.5, 0.6) is 17.2 Å². The zero-order valence-electron chi connectivity index (χ0n) is 22.0. The van der Waals surface area contributed by atoms with Crippen molar-refractivity contribution in [2.45, 2.75) is 46.3 Å². The van der Waals surface area contributed by atoms with Crippen molar-refractivity contribution in [3.05, 3.63) is 88.5 Å². The van der Waals surface area contributed by atoms with Gasteiger partial charge < -0.3 is 14.6 Å². The lowest BCUT2D eigenvalue weighted by Crippen LogP contribution is -2.35. The van der Waals surface area contributed by atoms with Crippen LogP contribution in [0.1, 0.15) is 61.1 Å². The van der Waals surface area contributed by atoms with E-state index in [9.17, 15) is 10.4 Å². The summed E-state index contributed by atoms with van der Waals surface area (Å²) in [6, 6.07) is 21.8.